The Morgan fingerprint density at radius 1 is 1.06 bits per heavy atom. The summed E-state index contributed by atoms with van der Waals surface area (Å²) in [6, 6.07) is 14.7. The smallest absolute Gasteiger partial charge is 0.238 e. The van der Waals surface area contributed by atoms with Gasteiger partial charge in [0.15, 0.2) is 0 Å². The quantitative estimate of drug-likeness (QED) is 0.451. The molecule has 0 aliphatic rings. The number of fused-ring (bicyclic) bond motifs is 1. The Labute approximate surface area is 187 Å². The molecule has 0 unspecified atom stereocenters. The summed E-state index contributed by atoms with van der Waals surface area (Å²) in [5, 5.41) is 5.31. The Morgan fingerprint density at radius 2 is 1.81 bits per heavy atom. The molecule has 0 fully saturated rings. The summed E-state index contributed by atoms with van der Waals surface area (Å²) in [6.45, 7) is 7.27. The number of sulfonamides is 1. The highest BCUT2D eigenvalue weighted by molar-refractivity contribution is 7.89. The topological polar surface area (TPSA) is 100 Å². The average molecular weight is 451 g/mol. The first kappa shape index (κ1) is 22.0. The van der Waals surface area contributed by atoms with E-state index >= 15 is 0 Å². The monoisotopic (exact) mass is 450 g/mol. The van der Waals surface area contributed by atoms with Gasteiger partial charge in [-0.1, -0.05) is 13.0 Å². The predicted octanol–water partition coefficient (Wildman–Crippen LogP) is 4.35. The van der Waals surface area contributed by atoms with Crippen molar-refractivity contribution in [3.8, 4) is 17.1 Å². The minimum absolute atomic E-state index is 0.0586. The molecule has 32 heavy (non-hydrogen) atoms. The minimum Gasteiger partial charge on any atom is -0.487 e. The van der Waals surface area contributed by atoms with Gasteiger partial charge in [0.1, 0.15) is 18.2 Å². The lowest BCUT2D eigenvalue weighted by atomic mass is 10.0. The molecule has 2 N–H and O–H groups in total. The normalized spacial score (nSPS) is 11.8. The molecule has 4 rings (SSSR count). The molecule has 4 aromatic rings. The van der Waals surface area contributed by atoms with Crippen molar-refractivity contribution in [3.63, 3.8) is 0 Å². The lowest BCUT2D eigenvalue weighted by Crippen LogP contribution is -2.11. The summed E-state index contributed by atoms with van der Waals surface area (Å²) in [5.41, 5.74) is 5.29. The van der Waals surface area contributed by atoms with Crippen molar-refractivity contribution < 1.29 is 13.2 Å². The van der Waals surface area contributed by atoms with Crippen LogP contribution in [0.25, 0.3) is 22.4 Å². The largest absolute Gasteiger partial charge is 0.487 e. The summed E-state index contributed by atoms with van der Waals surface area (Å²) >= 11 is 0. The number of hydrogen-bond donors (Lipinski definition) is 1. The maximum absolute atomic E-state index is 11.8. The fraction of sp³-hybridized carbons (Fsp3) is 0.250. The third-order valence-corrected chi connectivity index (χ3v) is 6.22. The van der Waals surface area contributed by atoms with Gasteiger partial charge >= 0.3 is 0 Å². The van der Waals surface area contributed by atoms with Crippen molar-refractivity contribution in [2.45, 2.75) is 45.2 Å². The van der Waals surface area contributed by atoms with E-state index in [1.165, 1.54) is 12.1 Å². The van der Waals surface area contributed by atoms with Crippen molar-refractivity contribution in [1.29, 1.82) is 0 Å². The van der Waals surface area contributed by atoms with Gasteiger partial charge in [0.2, 0.25) is 10.0 Å². The number of aromatic nitrogens is 3. The van der Waals surface area contributed by atoms with Crippen LogP contribution in [-0.2, 0) is 23.2 Å². The van der Waals surface area contributed by atoms with Gasteiger partial charge in [-0.2, -0.15) is 0 Å². The van der Waals surface area contributed by atoms with Crippen molar-refractivity contribution in [1.82, 2.24) is 14.5 Å². The number of benzene rings is 2. The highest BCUT2D eigenvalue weighted by atomic mass is 32.2. The second-order valence-corrected chi connectivity index (χ2v) is 9.39. The first-order valence-electron chi connectivity index (χ1n) is 10.5. The highest BCUT2D eigenvalue weighted by Gasteiger charge is 2.17. The molecule has 0 saturated carbocycles. The van der Waals surface area contributed by atoms with Gasteiger partial charge in [-0.3, -0.25) is 4.98 Å². The molecule has 0 amide bonds. The molecule has 2 aromatic carbocycles. The van der Waals surface area contributed by atoms with E-state index in [2.05, 4.69) is 28.6 Å². The van der Waals surface area contributed by atoms with Crippen LogP contribution in [0, 0.1) is 13.8 Å². The first-order chi connectivity index (χ1) is 15.3. The number of imidazole rings is 1. The Bertz CT molecular complexity index is 1360. The van der Waals surface area contributed by atoms with Crippen LogP contribution in [0.1, 0.15) is 30.2 Å². The van der Waals surface area contributed by atoms with E-state index in [9.17, 15) is 8.42 Å². The van der Waals surface area contributed by atoms with Gasteiger partial charge in [0, 0.05) is 18.3 Å². The van der Waals surface area contributed by atoms with E-state index in [4.69, 9.17) is 14.9 Å². The van der Waals surface area contributed by atoms with E-state index in [0.29, 0.717) is 12.1 Å². The van der Waals surface area contributed by atoms with E-state index in [1.807, 2.05) is 32.0 Å². The fourth-order valence-corrected chi connectivity index (χ4v) is 4.43. The fourth-order valence-electron chi connectivity index (χ4n) is 3.89. The Balaban J connectivity index is 1.75. The number of ether oxygens (including phenoxy) is 1. The standard InChI is InChI=1S/C24H26N4O3S/c1-4-11-28-22-9-8-20(32(25,29)30)14-21(22)27-24(28)18-12-16(2)23(17(3)13-18)31-15-19-7-5-6-10-26-19/h5-10,12-14H,4,11,15H2,1-3H3,(H2,25,29,30). The summed E-state index contributed by atoms with van der Waals surface area (Å²) in [7, 11) is -3.79. The van der Waals surface area contributed by atoms with Crippen LogP contribution >= 0.6 is 0 Å². The van der Waals surface area contributed by atoms with E-state index in [0.717, 1.165) is 52.4 Å². The van der Waals surface area contributed by atoms with Gasteiger partial charge < -0.3 is 9.30 Å². The zero-order chi connectivity index (χ0) is 22.9. The number of aryl methyl sites for hydroxylation is 3. The second kappa shape index (κ2) is 8.72. The van der Waals surface area contributed by atoms with Crippen molar-refractivity contribution in [3.05, 3.63) is 71.5 Å². The van der Waals surface area contributed by atoms with Crippen LogP contribution in [0.3, 0.4) is 0 Å². The zero-order valence-electron chi connectivity index (χ0n) is 18.4. The molecule has 2 heterocycles. The summed E-state index contributed by atoms with van der Waals surface area (Å²) in [6.07, 6.45) is 2.67. The molecule has 0 saturated heterocycles. The maximum Gasteiger partial charge on any atom is 0.238 e. The highest BCUT2D eigenvalue weighted by Crippen LogP contribution is 2.33. The van der Waals surface area contributed by atoms with Gasteiger partial charge in [-0.05, 0) is 73.9 Å². The number of hydrogen-bond acceptors (Lipinski definition) is 5. The van der Waals surface area contributed by atoms with Gasteiger partial charge in [-0.15, -0.1) is 0 Å². The third-order valence-electron chi connectivity index (χ3n) is 5.30. The Kier molecular flexibility index (Phi) is 5.99. The minimum atomic E-state index is -3.79. The van der Waals surface area contributed by atoms with Gasteiger partial charge in [-0.25, -0.2) is 18.5 Å². The molecular formula is C24H26N4O3S. The maximum atomic E-state index is 11.8. The van der Waals surface area contributed by atoms with Crippen LogP contribution in [0.4, 0.5) is 0 Å². The van der Waals surface area contributed by atoms with Crippen LogP contribution < -0.4 is 9.88 Å². The molecule has 0 aliphatic carbocycles. The van der Waals surface area contributed by atoms with Crippen LogP contribution in [0.5, 0.6) is 5.75 Å². The molecule has 0 radical (unpaired) electrons. The van der Waals surface area contributed by atoms with Crippen molar-refractivity contribution in [2.75, 3.05) is 0 Å². The number of nitrogens with two attached hydrogens (primary N) is 1. The van der Waals surface area contributed by atoms with Crippen LogP contribution in [-0.4, -0.2) is 23.0 Å². The number of nitrogens with zero attached hydrogens (tertiary/aromatic N) is 3. The molecule has 0 bridgehead atoms. The SMILES string of the molecule is CCCn1c(-c2cc(C)c(OCc3ccccn3)c(C)c2)nc2cc(S(N)(=O)=O)ccc21. The van der Waals surface area contributed by atoms with Crippen LogP contribution in [0.15, 0.2) is 59.6 Å². The van der Waals surface area contributed by atoms with Gasteiger partial charge in [0.25, 0.3) is 0 Å². The average Bonchev–Trinajstić information content (AvgIpc) is 3.11. The summed E-state index contributed by atoms with van der Waals surface area (Å²) in [5.74, 6) is 1.62. The predicted molar refractivity (Wildman–Crippen MR) is 125 cm³/mol. The van der Waals surface area contributed by atoms with Crippen LogP contribution in [0.2, 0.25) is 0 Å². The molecular weight excluding hydrogens is 424 g/mol. The number of primary sulfonamides is 1. The second-order valence-electron chi connectivity index (χ2n) is 7.83. The van der Waals surface area contributed by atoms with E-state index in [1.54, 1.807) is 12.3 Å². The molecule has 7 nitrogen and oxygen atoms in total. The Hall–Kier alpha value is -3.23. The molecule has 0 spiro atoms. The molecule has 2 aromatic heterocycles. The third kappa shape index (κ3) is 4.37. The van der Waals surface area contributed by atoms with E-state index < -0.39 is 10.0 Å². The van der Waals surface area contributed by atoms with Gasteiger partial charge in [0.05, 0.1) is 21.6 Å². The molecule has 0 atom stereocenters. The lowest BCUT2D eigenvalue weighted by Gasteiger charge is -2.15. The number of rotatable bonds is 7. The van der Waals surface area contributed by atoms with Crippen molar-refractivity contribution >= 4 is 21.1 Å². The van der Waals surface area contributed by atoms with E-state index in [-0.39, 0.29) is 4.90 Å². The lowest BCUT2D eigenvalue weighted by molar-refractivity contribution is 0.297. The zero-order valence-corrected chi connectivity index (χ0v) is 19.2. The molecule has 0 aliphatic heterocycles. The first-order valence-corrected chi connectivity index (χ1v) is 12.0. The molecule has 166 valence electrons. The summed E-state index contributed by atoms with van der Waals surface area (Å²) in [4.78, 5) is 9.14. The Morgan fingerprint density at radius 3 is 2.44 bits per heavy atom. The van der Waals surface area contributed by atoms with Crippen molar-refractivity contribution in [2.24, 2.45) is 5.14 Å². The summed E-state index contributed by atoms with van der Waals surface area (Å²) < 4.78 is 31.7. The number of pyridine rings is 1. The molecule has 8 heteroatoms.